The number of nitrogens with zero attached hydrogens (tertiary/aromatic N) is 4. The highest BCUT2D eigenvalue weighted by atomic mass is 15.2. The number of hydrogen-bond donors (Lipinski definition) is 3. The summed E-state index contributed by atoms with van der Waals surface area (Å²) in [5, 5.41) is 10.8. The minimum absolute atomic E-state index is 0.238. The number of H-pyrrole nitrogens is 1. The van der Waals surface area contributed by atoms with E-state index in [4.69, 9.17) is 5.73 Å². The van der Waals surface area contributed by atoms with Crippen molar-refractivity contribution in [2.75, 3.05) is 31.7 Å². The van der Waals surface area contributed by atoms with Crippen molar-refractivity contribution in [1.29, 1.82) is 0 Å². The lowest BCUT2D eigenvalue weighted by Crippen LogP contribution is -2.31. The number of anilines is 2. The lowest BCUT2D eigenvalue weighted by Gasteiger charge is -2.20. The van der Waals surface area contributed by atoms with Gasteiger partial charge in [0.1, 0.15) is 5.82 Å². The molecule has 2 aromatic heterocycles. The van der Waals surface area contributed by atoms with Gasteiger partial charge in [0, 0.05) is 12.6 Å². The Morgan fingerprint density at radius 3 is 2.94 bits per heavy atom. The van der Waals surface area contributed by atoms with Crippen LogP contribution >= 0.6 is 0 Å². The van der Waals surface area contributed by atoms with E-state index in [9.17, 15) is 0 Å². The zero-order valence-electron chi connectivity index (χ0n) is 10.2. The van der Waals surface area contributed by atoms with Crippen molar-refractivity contribution >= 4 is 22.8 Å². The fourth-order valence-electron chi connectivity index (χ4n) is 1.41. The number of aromatic nitrogens is 4. The number of nitrogens with one attached hydrogen (secondary N) is 2. The summed E-state index contributed by atoms with van der Waals surface area (Å²) < 4.78 is 0. The molecule has 0 aliphatic heterocycles. The van der Waals surface area contributed by atoms with Gasteiger partial charge in [-0.3, -0.25) is 5.10 Å². The number of likely N-dealkylation sites (N-methyl/N-ethyl adjacent to an activating group) is 1. The summed E-state index contributed by atoms with van der Waals surface area (Å²) in [5.41, 5.74) is 6.28. The molecule has 7 nitrogen and oxygen atoms in total. The van der Waals surface area contributed by atoms with E-state index in [1.165, 1.54) is 0 Å². The monoisotopic (exact) mass is 235 g/mol. The third kappa shape index (κ3) is 2.44. The van der Waals surface area contributed by atoms with Crippen LogP contribution in [0.2, 0.25) is 0 Å². The summed E-state index contributed by atoms with van der Waals surface area (Å²) in [6, 6.07) is 0.396. The molecule has 2 aromatic rings. The second kappa shape index (κ2) is 4.54. The van der Waals surface area contributed by atoms with Crippen LogP contribution in [0.25, 0.3) is 11.0 Å². The van der Waals surface area contributed by atoms with E-state index in [1.54, 1.807) is 6.20 Å². The van der Waals surface area contributed by atoms with E-state index in [2.05, 4.69) is 37.3 Å². The summed E-state index contributed by atoms with van der Waals surface area (Å²) in [6.45, 7) is 2.91. The van der Waals surface area contributed by atoms with Crippen LogP contribution in [0.3, 0.4) is 0 Å². The molecule has 1 unspecified atom stereocenters. The number of hydrogen-bond acceptors (Lipinski definition) is 6. The largest absolute Gasteiger partial charge is 0.368 e. The van der Waals surface area contributed by atoms with Crippen molar-refractivity contribution in [3.05, 3.63) is 6.20 Å². The number of aromatic amines is 1. The van der Waals surface area contributed by atoms with Crippen molar-refractivity contribution in [2.24, 2.45) is 0 Å². The minimum atomic E-state index is 0.238. The average Bonchev–Trinajstić information content (AvgIpc) is 2.72. The smallest absolute Gasteiger partial charge is 0.224 e. The molecular formula is C10H17N7. The van der Waals surface area contributed by atoms with Crippen LogP contribution in [0, 0.1) is 0 Å². The number of fused-ring (bicyclic) bond motifs is 1. The van der Waals surface area contributed by atoms with Gasteiger partial charge in [0.05, 0.1) is 11.6 Å². The molecule has 4 N–H and O–H groups in total. The van der Waals surface area contributed by atoms with Crippen molar-refractivity contribution in [3.63, 3.8) is 0 Å². The fourth-order valence-corrected chi connectivity index (χ4v) is 1.41. The van der Waals surface area contributed by atoms with Gasteiger partial charge < -0.3 is 16.0 Å². The zero-order valence-corrected chi connectivity index (χ0v) is 10.2. The van der Waals surface area contributed by atoms with Crippen molar-refractivity contribution < 1.29 is 0 Å². The Labute approximate surface area is 99.4 Å². The number of rotatable bonds is 4. The molecule has 92 valence electrons. The van der Waals surface area contributed by atoms with Gasteiger partial charge >= 0.3 is 0 Å². The number of nitrogen functional groups attached to an aromatic ring is 1. The quantitative estimate of drug-likeness (QED) is 0.705. The first-order chi connectivity index (χ1) is 8.08. The fraction of sp³-hybridized carbons (Fsp3) is 0.500. The average molecular weight is 235 g/mol. The van der Waals surface area contributed by atoms with E-state index in [0.717, 1.165) is 17.7 Å². The standard InChI is InChI=1S/C10H17N7/c1-6(17(2)3)4-12-8-7-5-13-16-9(7)15-10(11)14-8/h5-6H,4H2,1-3H3,(H4,11,12,13,14,15,16). The van der Waals surface area contributed by atoms with Crippen LogP contribution in [0.4, 0.5) is 11.8 Å². The molecule has 2 rings (SSSR count). The van der Waals surface area contributed by atoms with Gasteiger partial charge in [0.2, 0.25) is 5.95 Å². The van der Waals surface area contributed by atoms with Gasteiger partial charge in [-0.05, 0) is 21.0 Å². The van der Waals surface area contributed by atoms with Crippen molar-refractivity contribution in [1.82, 2.24) is 25.1 Å². The third-order valence-corrected chi connectivity index (χ3v) is 2.77. The normalized spacial score (nSPS) is 13.2. The molecule has 17 heavy (non-hydrogen) atoms. The first-order valence-electron chi connectivity index (χ1n) is 5.45. The molecule has 0 aliphatic rings. The molecule has 0 aliphatic carbocycles. The van der Waals surface area contributed by atoms with Crippen LogP contribution in [-0.4, -0.2) is 51.7 Å². The Bertz CT molecular complexity index is 504. The van der Waals surface area contributed by atoms with E-state index in [1.807, 2.05) is 14.1 Å². The molecule has 0 saturated carbocycles. The molecule has 7 heteroatoms. The molecule has 0 aromatic carbocycles. The van der Waals surface area contributed by atoms with E-state index in [0.29, 0.717) is 11.7 Å². The van der Waals surface area contributed by atoms with Gasteiger partial charge in [-0.25, -0.2) is 0 Å². The van der Waals surface area contributed by atoms with Crippen LogP contribution in [-0.2, 0) is 0 Å². The Morgan fingerprint density at radius 1 is 1.47 bits per heavy atom. The summed E-state index contributed by atoms with van der Waals surface area (Å²) in [6.07, 6.45) is 1.69. The zero-order chi connectivity index (χ0) is 12.4. The van der Waals surface area contributed by atoms with Gasteiger partial charge in [-0.15, -0.1) is 0 Å². The molecule has 2 heterocycles. The van der Waals surface area contributed by atoms with Crippen molar-refractivity contribution in [2.45, 2.75) is 13.0 Å². The lowest BCUT2D eigenvalue weighted by molar-refractivity contribution is 0.326. The Kier molecular flexibility index (Phi) is 3.10. The molecule has 0 spiro atoms. The van der Waals surface area contributed by atoms with Crippen LogP contribution in [0.1, 0.15) is 6.92 Å². The summed E-state index contributed by atoms with van der Waals surface area (Å²) in [5.74, 6) is 0.955. The van der Waals surface area contributed by atoms with Crippen LogP contribution in [0.15, 0.2) is 6.20 Å². The summed E-state index contributed by atoms with van der Waals surface area (Å²) in [4.78, 5) is 10.4. The molecule has 0 amide bonds. The Balaban J connectivity index is 2.20. The second-order valence-corrected chi connectivity index (χ2v) is 4.26. The molecule has 0 radical (unpaired) electrons. The lowest BCUT2D eigenvalue weighted by atomic mass is 10.3. The second-order valence-electron chi connectivity index (χ2n) is 4.26. The van der Waals surface area contributed by atoms with Crippen LogP contribution < -0.4 is 11.1 Å². The van der Waals surface area contributed by atoms with Crippen LogP contribution in [0.5, 0.6) is 0 Å². The maximum Gasteiger partial charge on any atom is 0.224 e. The summed E-state index contributed by atoms with van der Waals surface area (Å²) >= 11 is 0. The molecule has 0 bridgehead atoms. The predicted molar refractivity (Wildman–Crippen MR) is 67.7 cm³/mol. The highest BCUT2D eigenvalue weighted by Crippen LogP contribution is 2.18. The van der Waals surface area contributed by atoms with Gasteiger partial charge in [0.15, 0.2) is 5.65 Å². The predicted octanol–water partition coefficient (Wildman–Crippen LogP) is 0.297. The van der Waals surface area contributed by atoms with E-state index in [-0.39, 0.29) is 5.95 Å². The van der Waals surface area contributed by atoms with Crippen molar-refractivity contribution in [3.8, 4) is 0 Å². The molecular weight excluding hydrogens is 218 g/mol. The highest BCUT2D eigenvalue weighted by Gasteiger charge is 2.09. The molecule has 0 saturated heterocycles. The highest BCUT2D eigenvalue weighted by molar-refractivity contribution is 5.86. The number of nitrogens with two attached hydrogens (primary N) is 1. The molecule has 1 atom stereocenters. The first kappa shape index (κ1) is 11.6. The maximum atomic E-state index is 5.63. The van der Waals surface area contributed by atoms with Gasteiger partial charge in [0.25, 0.3) is 0 Å². The third-order valence-electron chi connectivity index (χ3n) is 2.77. The van der Waals surface area contributed by atoms with E-state index >= 15 is 0 Å². The Morgan fingerprint density at radius 2 is 2.24 bits per heavy atom. The Hall–Kier alpha value is -1.89. The topological polar surface area (TPSA) is 95.8 Å². The van der Waals surface area contributed by atoms with Gasteiger partial charge in [-0.2, -0.15) is 15.1 Å². The van der Waals surface area contributed by atoms with Gasteiger partial charge in [-0.1, -0.05) is 0 Å². The summed E-state index contributed by atoms with van der Waals surface area (Å²) in [7, 11) is 4.07. The molecule has 0 fully saturated rings. The first-order valence-corrected chi connectivity index (χ1v) is 5.45. The maximum absolute atomic E-state index is 5.63. The SMILES string of the molecule is CC(CNc1nc(N)nc2[nH]ncc12)N(C)C. The van der Waals surface area contributed by atoms with E-state index < -0.39 is 0 Å². The minimum Gasteiger partial charge on any atom is -0.368 e.